The molecule has 9 heteroatoms. The summed E-state index contributed by atoms with van der Waals surface area (Å²) < 4.78 is 29.7. The van der Waals surface area contributed by atoms with E-state index < -0.39 is 17.4 Å². The minimum Gasteiger partial charge on any atom is -0.507 e. The molecule has 1 saturated heterocycles. The number of ketones is 1. The van der Waals surface area contributed by atoms with Crippen molar-refractivity contribution in [2.75, 3.05) is 25.0 Å². The van der Waals surface area contributed by atoms with E-state index in [1.165, 1.54) is 30.6 Å². The van der Waals surface area contributed by atoms with Gasteiger partial charge in [0.2, 0.25) is 0 Å². The summed E-state index contributed by atoms with van der Waals surface area (Å²) in [6.07, 6.45) is 3.28. The van der Waals surface area contributed by atoms with Crippen molar-refractivity contribution < 1.29 is 18.7 Å². The Morgan fingerprint density at radius 2 is 2.16 bits per heavy atom. The molecule has 0 saturated carbocycles. The number of hydrogen-bond donors (Lipinski definition) is 2. The number of aromatic nitrogens is 2. The van der Waals surface area contributed by atoms with Gasteiger partial charge in [-0.15, -0.1) is 0 Å². The second-order valence-electron chi connectivity index (χ2n) is 7.34. The summed E-state index contributed by atoms with van der Waals surface area (Å²) in [5, 5.41) is 13.6. The Balaban J connectivity index is 1.69. The number of phenols is 1. The lowest BCUT2D eigenvalue weighted by molar-refractivity contribution is -0.115. The lowest BCUT2D eigenvalue weighted by Gasteiger charge is -2.17. The van der Waals surface area contributed by atoms with Crippen LogP contribution in [0.4, 0.5) is 14.6 Å². The van der Waals surface area contributed by atoms with Crippen LogP contribution in [0.5, 0.6) is 5.75 Å². The van der Waals surface area contributed by atoms with E-state index in [1.807, 2.05) is 4.90 Å². The highest BCUT2D eigenvalue weighted by molar-refractivity contribution is 6.34. The smallest absolute Gasteiger partial charge is 0.169 e. The molecule has 2 N–H and O–H groups in total. The molecule has 2 heterocycles. The molecule has 0 radical (unpaired) electrons. The quantitative estimate of drug-likeness (QED) is 0.555. The fourth-order valence-electron chi connectivity index (χ4n) is 3.81. The van der Waals surface area contributed by atoms with E-state index in [4.69, 9.17) is 11.6 Å². The third-order valence-corrected chi connectivity index (χ3v) is 5.58. The zero-order valence-electron chi connectivity index (χ0n) is 16.4. The number of phenolic OH excluding ortho intramolecular Hbond substituents is 1. The van der Waals surface area contributed by atoms with Gasteiger partial charge in [-0.05, 0) is 30.7 Å². The summed E-state index contributed by atoms with van der Waals surface area (Å²) in [4.78, 5) is 21.8. The molecule has 0 aliphatic carbocycles. The first-order valence-electron chi connectivity index (χ1n) is 9.63. The van der Waals surface area contributed by atoms with Crippen molar-refractivity contribution in [2.24, 2.45) is 0 Å². The van der Waals surface area contributed by atoms with E-state index in [0.29, 0.717) is 24.3 Å². The number of fused-ring (bicyclic) bond motifs is 1. The van der Waals surface area contributed by atoms with Gasteiger partial charge in [0.15, 0.2) is 11.6 Å². The first-order valence-corrected chi connectivity index (χ1v) is 10.0. The van der Waals surface area contributed by atoms with Crippen LogP contribution in [0.2, 0.25) is 5.02 Å². The molecule has 1 aromatic heterocycles. The summed E-state index contributed by atoms with van der Waals surface area (Å²) in [6, 6.07) is 5.14. The number of halogens is 3. The number of aromatic hydroxyl groups is 1. The standard InChI is InChI=1S/C22H19ClF2N4O2/c1-2-13(30)10-29-7-6-12(9-29)28-22-14-8-15(23)18(20(25)21(14)26-11-27-22)19-16(24)4-3-5-17(19)31/h2-5,8,11-12,31H,1,6-7,9-10H2,(H,26,27,28). The van der Waals surface area contributed by atoms with Gasteiger partial charge in [0.25, 0.3) is 0 Å². The van der Waals surface area contributed by atoms with Gasteiger partial charge in [0.1, 0.15) is 29.2 Å². The zero-order chi connectivity index (χ0) is 22.1. The maximum Gasteiger partial charge on any atom is 0.169 e. The Morgan fingerprint density at radius 3 is 2.90 bits per heavy atom. The van der Waals surface area contributed by atoms with E-state index in [2.05, 4.69) is 21.9 Å². The lowest BCUT2D eigenvalue weighted by atomic mass is 10.0. The van der Waals surface area contributed by atoms with Gasteiger partial charge in [-0.3, -0.25) is 9.69 Å². The average molecular weight is 445 g/mol. The van der Waals surface area contributed by atoms with Crippen LogP contribution in [-0.4, -0.2) is 51.4 Å². The number of benzene rings is 2. The maximum absolute atomic E-state index is 15.4. The number of nitrogens with zero attached hydrogens (tertiary/aromatic N) is 3. The van der Waals surface area contributed by atoms with Crippen molar-refractivity contribution in [1.29, 1.82) is 0 Å². The third-order valence-electron chi connectivity index (χ3n) is 5.28. The van der Waals surface area contributed by atoms with Crippen LogP contribution in [0.3, 0.4) is 0 Å². The van der Waals surface area contributed by atoms with E-state index >= 15 is 4.39 Å². The van der Waals surface area contributed by atoms with Crippen LogP contribution in [0.1, 0.15) is 6.42 Å². The Labute approximate surface area is 182 Å². The molecule has 160 valence electrons. The molecule has 2 aromatic carbocycles. The molecule has 6 nitrogen and oxygen atoms in total. The molecule has 0 amide bonds. The minimum absolute atomic E-state index is 0.00663. The van der Waals surface area contributed by atoms with Gasteiger partial charge in [-0.1, -0.05) is 24.2 Å². The lowest BCUT2D eigenvalue weighted by Crippen LogP contribution is -2.30. The van der Waals surface area contributed by atoms with E-state index in [9.17, 15) is 14.3 Å². The minimum atomic E-state index is -0.849. The fraction of sp³-hybridized carbons (Fsp3) is 0.227. The highest BCUT2D eigenvalue weighted by Crippen LogP contribution is 2.41. The molecular formula is C22H19ClF2N4O2. The molecule has 1 aliphatic heterocycles. The van der Waals surface area contributed by atoms with Crippen LogP contribution < -0.4 is 5.32 Å². The van der Waals surface area contributed by atoms with Gasteiger partial charge >= 0.3 is 0 Å². The normalized spacial score (nSPS) is 16.5. The summed E-state index contributed by atoms with van der Waals surface area (Å²) in [5.41, 5.74) is -0.626. The van der Waals surface area contributed by atoms with Crippen molar-refractivity contribution in [2.45, 2.75) is 12.5 Å². The van der Waals surface area contributed by atoms with Crippen molar-refractivity contribution >= 4 is 34.1 Å². The first kappa shape index (κ1) is 21.1. The highest BCUT2D eigenvalue weighted by atomic mass is 35.5. The number of carbonyl (C=O) groups is 1. The van der Waals surface area contributed by atoms with Crippen LogP contribution in [-0.2, 0) is 4.79 Å². The van der Waals surface area contributed by atoms with E-state index in [-0.39, 0.29) is 33.5 Å². The summed E-state index contributed by atoms with van der Waals surface area (Å²) >= 11 is 6.32. The molecule has 1 fully saturated rings. The molecule has 1 atom stereocenters. The molecule has 0 bridgehead atoms. The predicted molar refractivity (Wildman–Crippen MR) is 115 cm³/mol. The molecule has 1 unspecified atom stereocenters. The Hall–Kier alpha value is -3.10. The van der Waals surface area contributed by atoms with Crippen LogP contribution in [0.15, 0.2) is 43.2 Å². The van der Waals surface area contributed by atoms with Crippen molar-refractivity contribution in [1.82, 2.24) is 14.9 Å². The number of carbonyl (C=O) groups excluding carboxylic acids is 1. The fourth-order valence-corrected chi connectivity index (χ4v) is 4.09. The van der Waals surface area contributed by atoms with Gasteiger partial charge in [-0.25, -0.2) is 18.7 Å². The molecule has 0 spiro atoms. The summed E-state index contributed by atoms with van der Waals surface area (Å²) in [7, 11) is 0. The second-order valence-corrected chi connectivity index (χ2v) is 7.74. The topological polar surface area (TPSA) is 78.4 Å². The van der Waals surface area contributed by atoms with Gasteiger partial charge in [0, 0.05) is 30.1 Å². The molecular weight excluding hydrogens is 426 g/mol. The first-order chi connectivity index (χ1) is 14.9. The predicted octanol–water partition coefficient (Wildman–Crippen LogP) is 4.18. The molecule has 3 aromatic rings. The monoisotopic (exact) mass is 444 g/mol. The molecule has 4 rings (SSSR count). The van der Waals surface area contributed by atoms with Crippen LogP contribution >= 0.6 is 11.6 Å². The van der Waals surface area contributed by atoms with Gasteiger partial charge < -0.3 is 10.4 Å². The Bertz CT molecular complexity index is 1170. The molecule has 1 aliphatic rings. The summed E-state index contributed by atoms with van der Waals surface area (Å²) in [6.45, 7) is 5.12. The largest absolute Gasteiger partial charge is 0.507 e. The Kier molecular flexibility index (Phi) is 5.84. The van der Waals surface area contributed by atoms with Crippen molar-refractivity contribution in [3.63, 3.8) is 0 Å². The number of rotatable bonds is 6. The van der Waals surface area contributed by atoms with E-state index in [0.717, 1.165) is 19.0 Å². The van der Waals surface area contributed by atoms with Crippen molar-refractivity contribution in [3.8, 4) is 16.9 Å². The zero-order valence-corrected chi connectivity index (χ0v) is 17.2. The molecule has 31 heavy (non-hydrogen) atoms. The highest BCUT2D eigenvalue weighted by Gasteiger charge is 2.26. The van der Waals surface area contributed by atoms with Crippen LogP contribution in [0.25, 0.3) is 22.0 Å². The number of likely N-dealkylation sites (tertiary alicyclic amines) is 1. The number of nitrogens with one attached hydrogen (secondary N) is 1. The van der Waals surface area contributed by atoms with Crippen LogP contribution in [0, 0.1) is 11.6 Å². The Morgan fingerprint density at radius 1 is 1.35 bits per heavy atom. The number of hydrogen-bond acceptors (Lipinski definition) is 6. The van der Waals surface area contributed by atoms with Gasteiger partial charge in [0.05, 0.1) is 17.1 Å². The maximum atomic E-state index is 15.4. The average Bonchev–Trinajstić information content (AvgIpc) is 3.17. The summed E-state index contributed by atoms with van der Waals surface area (Å²) in [5.74, 6) is -1.73. The number of anilines is 1. The SMILES string of the molecule is C=CC(=O)CN1CCC(Nc2ncnc3c(F)c(-c4c(O)cccc4F)c(Cl)cc23)C1. The third kappa shape index (κ3) is 4.08. The van der Waals surface area contributed by atoms with Crippen molar-refractivity contribution in [3.05, 3.63) is 59.9 Å². The van der Waals surface area contributed by atoms with E-state index in [1.54, 1.807) is 0 Å². The second kappa shape index (κ2) is 8.56. The van der Waals surface area contributed by atoms with Gasteiger partial charge in [-0.2, -0.15) is 0 Å².